The van der Waals surface area contributed by atoms with Crippen molar-refractivity contribution in [2.24, 2.45) is 0 Å². The van der Waals surface area contributed by atoms with Gasteiger partial charge in [0.1, 0.15) is 5.69 Å². The molecule has 0 spiro atoms. The third-order valence-electron chi connectivity index (χ3n) is 4.27. The summed E-state index contributed by atoms with van der Waals surface area (Å²) in [7, 11) is 2.90. The summed E-state index contributed by atoms with van der Waals surface area (Å²) in [4.78, 5) is 0. The molecule has 1 aromatic heterocycles. The molecule has 2 unspecified atom stereocenters. The second-order valence-corrected chi connectivity index (χ2v) is 6.56. The van der Waals surface area contributed by atoms with Gasteiger partial charge in [0.2, 0.25) is 0 Å². The van der Waals surface area contributed by atoms with Gasteiger partial charge < -0.3 is 4.52 Å². The summed E-state index contributed by atoms with van der Waals surface area (Å²) in [5, 5.41) is 4.45. The highest BCUT2D eigenvalue weighted by Gasteiger charge is 2.24. The molecule has 3 heteroatoms. The fraction of sp³-hybridized carbons (Fsp3) is 0.0455. The van der Waals surface area contributed by atoms with E-state index in [2.05, 4.69) is 50.8 Å². The minimum absolute atomic E-state index is 0.0672. The number of benzene rings is 3. The average Bonchev–Trinajstić information content (AvgIpc) is 3.14. The topological polar surface area (TPSA) is 26.0 Å². The summed E-state index contributed by atoms with van der Waals surface area (Å²) < 4.78 is 5.82. The van der Waals surface area contributed by atoms with Crippen LogP contribution in [-0.4, -0.2) is 5.16 Å². The zero-order valence-electron chi connectivity index (χ0n) is 13.7. The van der Waals surface area contributed by atoms with Gasteiger partial charge in [-0.15, -0.1) is 9.24 Å². The van der Waals surface area contributed by atoms with Crippen molar-refractivity contribution in [1.82, 2.24) is 5.16 Å². The smallest absolute Gasteiger partial charge is 0.174 e. The van der Waals surface area contributed by atoms with Crippen molar-refractivity contribution in [2.75, 3.05) is 0 Å². The fourth-order valence-corrected chi connectivity index (χ4v) is 3.45. The van der Waals surface area contributed by atoms with Gasteiger partial charge in [0.25, 0.3) is 0 Å². The van der Waals surface area contributed by atoms with Crippen molar-refractivity contribution in [3.8, 4) is 22.5 Å². The van der Waals surface area contributed by atoms with E-state index >= 15 is 0 Å². The van der Waals surface area contributed by atoms with Crippen LogP contribution in [0.3, 0.4) is 0 Å². The fourth-order valence-electron chi connectivity index (χ4n) is 3.00. The van der Waals surface area contributed by atoms with Crippen LogP contribution in [0, 0.1) is 0 Å². The van der Waals surface area contributed by atoms with E-state index in [1.54, 1.807) is 0 Å². The van der Waals surface area contributed by atoms with Crippen molar-refractivity contribution in [3.05, 3.63) is 102 Å². The molecule has 0 saturated heterocycles. The lowest BCUT2D eigenvalue weighted by atomic mass is 9.96. The van der Waals surface area contributed by atoms with Gasteiger partial charge in [0.05, 0.1) is 5.56 Å². The van der Waals surface area contributed by atoms with Gasteiger partial charge in [-0.25, -0.2) is 0 Å². The molecule has 122 valence electrons. The van der Waals surface area contributed by atoms with Gasteiger partial charge in [-0.05, 0) is 11.1 Å². The van der Waals surface area contributed by atoms with Crippen LogP contribution >= 0.6 is 9.24 Å². The monoisotopic (exact) mass is 343 g/mol. The Bertz CT molecular complexity index is 949. The molecule has 1 heterocycles. The Morgan fingerprint density at radius 2 is 1.20 bits per heavy atom. The molecule has 0 radical (unpaired) electrons. The Morgan fingerprint density at radius 3 is 1.80 bits per heavy atom. The quantitative estimate of drug-likeness (QED) is 0.426. The van der Waals surface area contributed by atoms with Gasteiger partial charge in [0, 0.05) is 11.2 Å². The number of aromatic nitrogens is 1. The normalized spacial score (nSPS) is 12.0. The third-order valence-corrected chi connectivity index (χ3v) is 4.97. The van der Waals surface area contributed by atoms with Crippen LogP contribution in [0.5, 0.6) is 0 Å². The summed E-state index contributed by atoms with van der Waals surface area (Å²) in [5.74, 6) is 0.810. The van der Waals surface area contributed by atoms with E-state index < -0.39 is 0 Å². The highest BCUT2D eigenvalue weighted by Crippen LogP contribution is 2.42. The van der Waals surface area contributed by atoms with E-state index in [4.69, 9.17) is 4.52 Å². The highest BCUT2D eigenvalue weighted by atomic mass is 31.0. The Balaban J connectivity index is 1.90. The summed E-state index contributed by atoms with van der Waals surface area (Å²) in [6, 6.07) is 30.8. The van der Waals surface area contributed by atoms with E-state index in [1.165, 1.54) is 5.56 Å². The molecule has 3 aromatic carbocycles. The van der Waals surface area contributed by atoms with E-state index in [-0.39, 0.29) is 5.66 Å². The largest absolute Gasteiger partial charge is 0.355 e. The molecule has 0 aliphatic carbocycles. The van der Waals surface area contributed by atoms with Crippen molar-refractivity contribution in [3.63, 3.8) is 0 Å². The summed E-state index contributed by atoms with van der Waals surface area (Å²) >= 11 is 0. The molecule has 0 N–H and O–H groups in total. The SMILES string of the molecule is PC(c1ccccc1)c1noc(-c2ccccc2)c1-c1ccccc1. The molecule has 0 saturated carbocycles. The lowest BCUT2D eigenvalue weighted by Crippen LogP contribution is -1.95. The Hall–Kier alpha value is -2.70. The summed E-state index contributed by atoms with van der Waals surface area (Å²) in [5.41, 5.74) is 5.39. The maximum Gasteiger partial charge on any atom is 0.174 e. The minimum atomic E-state index is 0.0672. The molecule has 0 bridgehead atoms. The molecule has 0 amide bonds. The Kier molecular flexibility index (Phi) is 4.45. The van der Waals surface area contributed by atoms with Crippen LogP contribution in [-0.2, 0) is 0 Å². The number of nitrogens with zero attached hydrogens (tertiary/aromatic N) is 1. The van der Waals surface area contributed by atoms with Crippen LogP contribution in [0.25, 0.3) is 22.5 Å². The van der Waals surface area contributed by atoms with Crippen molar-refractivity contribution >= 4 is 9.24 Å². The lowest BCUT2D eigenvalue weighted by Gasteiger charge is -2.11. The first-order chi connectivity index (χ1) is 12.3. The third kappa shape index (κ3) is 3.14. The average molecular weight is 343 g/mol. The molecule has 4 aromatic rings. The molecule has 2 atom stereocenters. The number of rotatable bonds is 4. The van der Waals surface area contributed by atoms with Crippen LogP contribution in [0.4, 0.5) is 0 Å². The van der Waals surface area contributed by atoms with E-state index in [9.17, 15) is 0 Å². The molecule has 2 nitrogen and oxygen atoms in total. The standard InChI is InChI=1S/C22H18NOP/c25-22(18-14-8-3-9-15-18)20-19(16-10-4-1-5-11-16)21(24-23-20)17-12-6-2-7-13-17/h1-15,22H,25H2. The first-order valence-corrected chi connectivity index (χ1v) is 8.92. The first kappa shape index (κ1) is 15.8. The van der Waals surface area contributed by atoms with Crippen molar-refractivity contribution in [1.29, 1.82) is 0 Å². The van der Waals surface area contributed by atoms with Gasteiger partial charge in [-0.1, -0.05) is 96.2 Å². The maximum absolute atomic E-state index is 5.82. The van der Waals surface area contributed by atoms with Crippen LogP contribution in [0.1, 0.15) is 16.9 Å². The predicted molar refractivity (Wildman–Crippen MR) is 105 cm³/mol. The van der Waals surface area contributed by atoms with E-state index in [1.807, 2.05) is 54.6 Å². The molecular weight excluding hydrogens is 325 g/mol. The van der Waals surface area contributed by atoms with Gasteiger partial charge in [-0.3, -0.25) is 0 Å². The second-order valence-electron chi connectivity index (χ2n) is 5.89. The molecule has 0 fully saturated rings. The van der Waals surface area contributed by atoms with Crippen LogP contribution in [0.15, 0.2) is 95.5 Å². The van der Waals surface area contributed by atoms with Crippen molar-refractivity contribution < 1.29 is 4.52 Å². The molecular formula is C22H18NOP. The summed E-state index contributed by atoms with van der Waals surface area (Å²) in [6.07, 6.45) is 0. The van der Waals surface area contributed by atoms with Crippen LogP contribution in [0.2, 0.25) is 0 Å². The maximum atomic E-state index is 5.82. The van der Waals surface area contributed by atoms with Gasteiger partial charge in [0.15, 0.2) is 5.76 Å². The number of hydrogen-bond donors (Lipinski definition) is 0. The predicted octanol–water partition coefficient (Wildman–Crippen LogP) is 5.97. The van der Waals surface area contributed by atoms with E-state index in [0.717, 1.165) is 28.1 Å². The van der Waals surface area contributed by atoms with Crippen LogP contribution < -0.4 is 0 Å². The van der Waals surface area contributed by atoms with Gasteiger partial charge >= 0.3 is 0 Å². The Labute approximate surface area is 149 Å². The zero-order valence-corrected chi connectivity index (χ0v) is 14.8. The molecule has 0 aliphatic rings. The summed E-state index contributed by atoms with van der Waals surface area (Å²) in [6.45, 7) is 0. The molecule has 0 aliphatic heterocycles. The molecule has 25 heavy (non-hydrogen) atoms. The van der Waals surface area contributed by atoms with Gasteiger partial charge in [-0.2, -0.15) is 0 Å². The van der Waals surface area contributed by atoms with E-state index in [0.29, 0.717) is 0 Å². The second kappa shape index (κ2) is 7.04. The minimum Gasteiger partial charge on any atom is -0.355 e. The molecule has 4 rings (SSSR count). The number of hydrogen-bond acceptors (Lipinski definition) is 2. The highest BCUT2D eigenvalue weighted by molar-refractivity contribution is 7.17. The Morgan fingerprint density at radius 1 is 0.680 bits per heavy atom. The zero-order chi connectivity index (χ0) is 17.1. The van der Waals surface area contributed by atoms with Crippen molar-refractivity contribution in [2.45, 2.75) is 5.66 Å². The lowest BCUT2D eigenvalue weighted by molar-refractivity contribution is 0.425. The first-order valence-electron chi connectivity index (χ1n) is 8.25.